The lowest BCUT2D eigenvalue weighted by molar-refractivity contribution is -0.0807. The Kier molecular flexibility index (Phi) is 3.45. The minimum absolute atomic E-state index is 0.104. The van der Waals surface area contributed by atoms with E-state index in [1.807, 2.05) is 6.92 Å². The summed E-state index contributed by atoms with van der Waals surface area (Å²) in [4.78, 5) is 4.47. The summed E-state index contributed by atoms with van der Waals surface area (Å²) in [6.07, 6.45) is 3.21. The van der Waals surface area contributed by atoms with Crippen molar-refractivity contribution in [1.82, 2.24) is 9.38 Å². The van der Waals surface area contributed by atoms with Crippen LogP contribution in [0.3, 0.4) is 0 Å². The highest BCUT2D eigenvalue weighted by molar-refractivity contribution is 7.92. The molecule has 1 saturated heterocycles. The highest BCUT2D eigenvalue weighted by atomic mass is 32.2. The first kappa shape index (κ1) is 15.3. The largest absolute Gasteiger partial charge is 0.484 e. The number of nitrogens with zero attached hydrogens (tertiary/aromatic N) is 2. The number of hydrogen-bond acceptors (Lipinski definition) is 5. The second-order valence-corrected chi connectivity index (χ2v) is 9.19. The standard InChI is InChI=1S/C15H20N2O4S/c1-10-6-16-14-5-12(21-11-8-20-9-11)13(7-17(10)14)22(18,19)15(2,3)4/h5-7,11H,8-9H2,1-4H3. The second kappa shape index (κ2) is 4.96. The summed E-state index contributed by atoms with van der Waals surface area (Å²) in [5, 5.41) is 0. The van der Waals surface area contributed by atoms with Crippen LogP contribution >= 0.6 is 0 Å². The highest BCUT2D eigenvalue weighted by Gasteiger charge is 2.35. The summed E-state index contributed by atoms with van der Waals surface area (Å²) < 4.78 is 37.6. The molecule has 0 saturated carbocycles. The van der Waals surface area contributed by atoms with Crippen molar-refractivity contribution in [2.75, 3.05) is 13.2 Å². The van der Waals surface area contributed by atoms with E-state index in [2.05, 4.69) is 4.98 Å². The van der Waals surface area contributed by atoms with Crippen LogP contribution in [0.25, 0.3) is 5.65 Å². The Bertz CT molecular complexity index is 814. The first-order chi connectivity index (χ1) is 10.2. The van der Waals surface area contributed by atoms with Crippen molar-refractivity contribution in [3.63, 3.8) is 0 Å². The fraction of sp³-hybridized carbons (Fsp3) is 0.533. The molecule has 0 bridgehead atoms. The third-order valence-corrected chi connectivity index (χ3v) is 6.25. The van der Waals surface area contributed by atoms with E-state index in [1.165, 1.54) is 0 Å². The van der Waals surface area contributed by atoms with Crippen molar-refractivity contribution in [2.24, 2.45) is 0 Å². The van der Waals surface area contributed by atoms with Crippen molar-refractivity contribution >= 4 is 15.5 Å². The van der Waals surface area contributed by atoms with Crippen molar-refractivity contribution < 1.29 is 17.9 Å². The van der Waals surface area contributed by atoms with Crippen molar-refractivity contribution in [2.45, 2.75) is 43.4 Å². The maximum Gasteiger partial charge on any atom is 0.188 e. The zero-order chi connectivity index (χ0) is 16.1. The number of hydrogen-bond donors (Lipinski definition) is 0. The number of fused-ring (bicyclic) bond motifs is 1. The third-order valence-electron chi connectivity index (χ3n) is 3.76. The lowest BCUT2D eigenvalue weighted by atomic mass is 10.3. The van der Waals surface area contributed by atoms with Gasteiger partial charge in [0, 0.05) is 24.2 Å². The van der Waals surface area contributed by atoms with Gasteiger partial charge >= 0.3 is 0 Å². The third kappa shape index (κ3) is 2.38. The molecule has 3 heterocycles. The lowest BCUT2D eigenvalue weighted by Crippen LogP contribution is -2.39. The van der Waals surface area contributed by atoms with Gasteiger partial charge in [-0.3, -0.25) is 0 Å². The zero-order valence-electron chi connectivity index (χ0n) is 13.2. The van der Waals surface area contributed by atoms with Crippen LogP contribution in [0.4, 0.5) is 0 Å². The van der Waals surface area contributed by atoms with Crippen molar-refractivity contribution in [1.29, 1.82) is 0 Å². The average molecular weight is 324 g/mol. The molecule has 0 radical (unpaired) electrons. The number of ether oxygens (including phenoxy) is 2. The van der Waals surface area contributed by atoms with E-state index in [0.29, 0.717) is 24.6 Å². The van der Waals surface area contributed by atoms with Gasteiger partial charge in [0.1, 0.15) is 22.4 Å². The van der Waals surface area contributed by atoms with Gasteiger partial charge in [-0.2, -0.15) is 0 Å². The van der Waals surface area contributed by atoms with E-state index in [1.54, 1.807) is 43.6 Å². The van der Waals surface area contributed by atoms with Gasteiger partial charge < -0.3 is 13.9 Å². The van der Waals surface area contributed by atoms with Crippen LogP contribution in [0.1, 0.15) is 26.5 Å². The molecule has 22 heavy (non-hydrogen) atoms. The van der Waals surface area contributed by atoms with Gasteiger partial charge in [-0.25, -0.2) is 13.4 Å². The summed E-state index contributed by atoms with van der Waals surface area (Å²) in [6.45, 7) is 7.89. The Morgan fingerprint density at radius 3 is 2.59 bits per heavy atom. The molecule has 0 unspecified atom stereocenters. The quantitative estimate of drug-likeness (QED) is 0.863. The first-order valence-corrected chi connectivity index (χ1v) is 8.65. The predicted octanol–water partition coefficient (Wildman–Crippen LogP) is 1.99. The zero-order valence-corrected chi connectivity index (χ0v) is 14.0. The fourth-order valence-electron chi connectivity index (χ4n) is 2.19. The van der Waals surface area contributed by atoms with Crippen LogP contribution in [0.5, 0.6) is 5.75 Å². The number of pyridine rings is 1. The van der Waals surface area contributed by atoms with E-state index >= 15 is 0 Å². The van der Waals surface area contributed by atoms with Crippen LogP contribution in [-0.2, 0) is 14.6 Å². The second-order valence-electron chi connectivity index (χ2n) is 6.52. The van der Waals surface area contributed by atoms with E-state index in [0.717, 1.165) is 5.69 Å². The molecule has 1 fully saturated rings. The number of aryl methyl sites for hydroxylation is 1. The monoisotopic (exact) mass is 324 g/mol. The van der Waals surface area contributed by atoms with Crippen LogP contribution in [-0.4, -0.2) is 41.9 Å². The van der Waals surface area contributed by atoms with Crippen LogP contribution in [0.15, 0.2) is 23.4 Å². The normalized spacial score (nSPS) is 16.7. The van der Waals surface area contributed by atoms with Gasteiger partial charge in [-0.05, 0) is 27.7 Å². The van der Waals surface area contributed by atoms with Gasteiger partial charge in [-0.15, -0.1) is 0 Å². The highest BCUT2D eigenvalue weighted by Crippen LogP contribution is 2.34. The Balaban J connectivity index is 2.20. The molecule has 0 aliphatic carbocycles. The lowest BCUT2D eigenvalue weighted by Gasteiger charge is -2.29. The molecule has 6 nitrogen and oxygen atoms in total. The Hall–Kier alpha value is -1.60. The van der Waals surface area contributed by atoms with Crippen LogP contribution < -0.4 is 4.74 Å². The summed E-state index contributed by atoms with van der Waals surface area (Å²) in [7, 11) is -3.54. The van der Waals surface area contributed by atoms with Crippen LogP contribution in [0, 0.1) is 6.92 Å². The topological polar surface area (TPSA) is 69.9 Å². The summed E-state index contributed by atoms with van der Waals surface area (Å²) in [5.41, 5.74) is 1.54. The van der Waals surface area contributed by atoms with E-state index in [4.69, 9.17) is 9.47 Å². The maximum absolute atomic E-state index is 12.9. The molecule has 2 aromatic heterocycles. The molecular weight excluding hydrogens is 304 g/mol. The fourth-order valence-corrected chi connectivity index (χ4v) is 3.47. The number of aromatic nitrogens is 2. The number of imidazole rings is 1. The molecule has 0 atom stereocenters. The van der Waals surface area contributed by atoms with Crippen LogP contribution in [0.2, 0.25) is 0 Å². The van der Waals surface area contributed by atoms with E-state index in [-0.39, 0.29) is 11.0 Å². The van der Waals surface area contributed by atoms with Gasteiger partial charge in [0.05, 0.1) is 18.0 Å². The first-order valence-electron chi connectivity index (χ1n) is 7.17. The molecule has 1 aliphatic heterocycles. The Morgan fingerprint density at radius 2 is 2.05 bits per heavy atom. The molecule has 0 N–H and O–H groups in total. The van der Waals surface area contributed by atoms with Gasteiger partial charge in [0.25, 0.3) is 0 Å². The minimum Gasteiger partial charge on any atom is -0.484 e. The van der Waals surface area contributed by atoms with E-state index < -0.39 is 14.6 Å². The maximum atomic E-state index is 12.9. The molecule has 120 valence electrons. The average Bonchev–Trinajstić information content (AvgIpc) is 2.73. The van der Waals surface area contributed by atoms with Gasteiger partial charge in [0.15, 0.2) is 9.84 Å². The van der Waals surface area contributed by atoms with E-state index in [9.17, 15) is 8.42 Å². The smallest absolute Gasteiger partial charge is 0.188 e. The van der Waals surface area contributed by atoms with Crippen molar-refractivity contribution in [3.05, 3.63) is 24.2 Å². The molecule has 2 aromatic rings. The Morgan fingerprint density at radius 1 is 1.36 bits per heavy atom. The molecular formula is C15H20N2O4S. The number of sulfone groups is 1. The molecule has 0 spiro atoms. The summed E-state index contributed by atoms with van der Waals surface area (Å²) in [6, 6.07) is 1.68. The molecule has 0 amide bonds. The molecule has 1 aliphatic rings. The van der Waals surface area contributed by atoms with Gasteiger partial charge in [0.2, 0.25) is 0 Å². The van der Waals surface area contributed by atoms with Gasteiger partial charge in [-0.1, -0.05) is 0 Å². The summed E-state index contributed by atoms with van der Waals surface area (Å²) in [5.74, 6) is 0.348. The Labute approximate surface area is 130 Å². The SMILES string of the molecule is Cc1cnc2cc(OC3COC3)c(S(=O)(=O)C(C)(C)C)cn12. The summed E-state index contributed by atoms with van der Waals surface area (Å²) >= 11 is 0. The number of rotatable bonds is 3. The molecule has 0 aromatic carbocycles. The minimum atomic E-state index is -3.54. The molecule has 7 heteroatoms. The molecule has 3 rings (SSSR count). The van der Waals surface area contributed by atoms with Crippen molar-refractivity contribution in [3.8, 4) is 5.75 Å². The predicted molar refractivity (Wildman–Crippen MR) is 82.1 cm³/mol.